The van der Waals surface area contributed by atoms with Crippen molar-refractivity contribution in [3.8, 4) is 0 Å². The smallest absolute Gasteiger partial charge is 0.245 e. The average molecular weight is 348 g/mol. The number of ether oxygens (including phenoxy) is 1. The van der Waals surface area contributed by atoms with E-state index in [1.54, 1.807) is 4.90 Å². The Morgan fingerprint density at radius 2 is 1.91 bits per heavy atom. The Kier molecular flexibility index (Phi) is 9.52. The predicted octanol–water partition coefficient (Wildman–Crippen LogP) is 0.942. The first kappa shape index (κ1) is 20.2. The number of nitrogens with one attached hydrogen (secondary N) is 2. The van der Waals surface area contributed by atoms with Crippen LogP contribution in [-0.2, 0) is 14.3 Å². The van der Waals surface area contributed by atoms with Crippen molar-refractivity contribution < 1.29 is 14.3 Å². The van der Waals surface area contributed by atoms with Crippen molar-refractivity contribution in [2.45, 2.75) is 45.1 Å². The molecular formula is C16H30ClN3O3. The lowest BCUT2D eigenvalue weighted by molar-refractivity contribution is -0.140. The third-order valence-corrected chi connectivity index (χ3v) is 4.60. The van der Waals surface area contributed by atoms with Crippen molar-refractivity contribution in [1.29, 1.82) is 0 Å². The molecule has 1 atom stereocenters. The largest absolute Gasteiger partial charge is 0.378 e. The van der Waals surface area contributed by atoms with Gasteiger partial charge in [-0.15, -0.1) is 12.4 Å². The van der Waals surface area contributed by atoms with E-state index in [2.05, 4.69) is 10.6 Å². The molecule has 7 heteroatoms. The predicted molar refractivity (Wildman–Crippen MR) is 91.7 cm³/mol. The van der Waals surface area contributed by atoms with E-state index >= 15 is 0 Å². The standard InChI is InChI=1S/C16H29N3O3.ClH/c1-2-14(16(21)19-9-11-22-12-10-19)18-15(20)4-3-13-5-7-17-8-6-13;/h13-14,17H,2-12H2,1H3,(H,18,20);1H. The van der Waals surface area contributed by atoms with Gasteiger partial charge in [0.25, 0.3) is 0 Å². The zero-order chi connectivity index (χ0) is 15.8. The quantitative estimate of drug-likeness (QED) is 0.750. The van der Waals surface area contributed by atoms with Crippen LogP contribution < -0.4 is 10.6 Å². The number of hydrogen-bond donors (Lipinski definition) is 2. The summed E-state index contributed by atoms with van der Waals surface area (Å²) < 4.78 is 5.26. The van der Waals surface area contributed by atoms with Gasteiger partial charge in [-0.1, -0.05) is 6.92 Å². The second kappa shape index (κ2) is 10.8. The molecule has 134 valence electrons. The highest BCUT2D eigenvalue weighted by molar-refractivity contribution is 5.87. The molecule has 0 aromatic rings. The molecule has 2 aliphatic rings. The molecule has 2 saturated heterocycles. The topological polar surface area (TPSA) is 70.7 Å². The molecule has 23 heavy (non-hydrogen) atoms. The van der Waals surface area contributed by atoms with Crippen LogP contribution in [0.1, 0.15) is 39.0 Å². The van der Waals surface area contributed by atoms with Crippen LogP contribution in [-0.4, -0.2) is 62.1 Å². The molecule has 2 amide bonds. The van der Waals surface area contributed by atoms with Crippen LogP contribution in [0.3, 0.4) is 0 Å². The van der Waals surface area contributed by atoms with Crippen LogP contribution in [0, 0.1) is 5.92 Å². The minimum Gasteiger partial charge on any atom is -0.378 e. The number of hydrogen-bond acceptors (Lipinski definition) is 4. The summed E-state index contributed by atoms with van der Waals surface area (Å²) >= 11 is 0. The van der Waals surface area contributed by atoms with Gasteiger partial charge in [0.05, 0.1) is 13.2 Å². The van der Waals surface area contributed by atoms with Crippen LogP contribution in [0.15, 0.2) is 0 Å². The Bertz CT molecular complexity index is 370. The van der Waals surface area contributed by atoms with Gasteiger partial charge < -0.3 is 20.3 Å². The fourth-order valence-electron chi connectivity index (χ4n) is 3.11. The van der Waals surface area contributed by atoms with Crippen molar-refractivity contribution in [3.05, 3.63) is 0 Å². The zero-order valence-corrected chi connectivity index (χ0v) is 14.8. The minimum absolute atomic E-state index is 0. The molecule has 2 rings (SSSR count). The molecule has 2 fully saturated rings. The Morgan fingerprint density at radius 1 is 1.26 bits per heavy atom. The molecule has 1 unspecified atom stereocenters. The van der Waals surface area contributed by atoms with E-state index < -0.39 is 6.04 Å². The first-order valence-electron chi connectivity index (χ1n) is 8.57. The highest BCUT2D eigenvalue weighted by Crippen LogP contribution is 2.17. The molecular weight excluding hydrogens is 318 g/mol. The SMILES string of the molecule is CCC(NC(=O)CCC1CCNCC1)C(=O)N1CCOCC1.Cl. The van der Waals surface area contributed by atoms with E-state index in [0.717, 1.165) is 32.4 Å². The molecule has 2 aliphatic heterocycles. The molecule has 0 spiro atoms. The summed E-state index contributed by atoms with van der Waals surface area (Å²) in [4.78, 5) is 26.3. The van der Waals surface area contributed by atoms with Crippen molar-refractivity contribution in [2.75, 3.05) is 39.4 Å². The Morgan fingerprint density at radius 3 is 2.52 bits per heavy atom. The normalized spacial score (nSPS) is 20.5. The van der Waals surface area contributed by atoms with Gasteiger partial charge in [0.1, 0.15) is 6.04 Å². The summed E-state index contributed by atoms with van der Waals surface area (Å²) in [7, 11) is 0. The first-order chi connectivity index (χ1) is 10.7. The molecule has 0 saturated carbocycles. The molecule has 0 aromatic carbocycles. The lowest BCUT2D eigenvalue weighted by atomic mass is 9.93. The third kappa shape index (κ3) is 6.65. The molecule has 0 radical (unpaired) electrons. The number of nitrogens with zero attached hydrogens (tertiary/aromatic N) is 1. The number of amides is 2. The van der Waals surface area contributed by atoms with E-state index in [1.165, 1.54) is 0 Å². The van der Waals surface area contributed by atoms with Crippen LogP contribution in [0.4, 0.5) is 0 Å². The third-order valence-electron chi connectivity index (χ3n) is 4.60. The summed E-state index contributed by atoms with van der Waals surface area (Å²) in [5, 5.41) is 6.25. The summed E-state index contributed by atoms with van der Waals surface area (Å²) in [6, 6.07) is -0.390. The number of halogens is 1. The van der Waals surface area contributed by atoms with Gasteiger partial charge in [-0.2, -0.15) is 0 Å². The van der Waals surface area contributed by atoms with Gasteiger partial charge in [0, 0.05) is 19.5 Å². The van der Waals surface area contributed by atoms with Gasteiger partial charge in [0.2, 0.25) is 11.8 Å². The van der Waals surface area contributed by atoms with Crippen LogP contribution in [0.25, 0.3) is 0 Å². The van der Waals surface area contributed by atoms with Crippen LogP contribution in [0.2, 0.25) is 0 Å². The Balaban J connectivity index is 0.00000264. The van der Waals surface area contributed by atoms with Crippen molar-refractivity contribution >= 4 is 24.2 Å². The molecule has 2 heterocycles. The second-order valence-electron chi connectivity index (χ2n) is 6.20. The molecule has 6 nitrogen and oxygen atoms in total. The van der Waals surface area contributed by atoms with E-state index in [4.69, 9.17) is 4.74 Å². The van der Waals surface area contributed by atoms with Crippen molar-refractivity contribution in [3.63, 3.8) is 0 Å². The molecule has 0 bridgehead atoms. The maximum absolute atomic E-state index is 12.4. The van der Waals surface area contributed by atoms with Gasteiger partial charge in [-0.05, 0) is 44.7 Å². The molecule has 2 N–H and O–H groups in total. The monoisotopic (exact) mass is 347 g/mol. The Labute approximate surface area is 145 Å². The van der Waals surface area contributed by atoms with E-state index in [-0.39, 0.29) is 24.2 Å². The lowest BCUT2D eigenvalue weighted by Crippen LogP contribution is -2.51. The number of carbonyl (C=O) groups excluding carboxylic acids is 2. The summed E-state index contributed by atoms with van der Waals surface area (Å²) in [6.07, 6.45) is 4.39. The molecule has 0 aromatic heterocycles. The number of carbonyl (C=O) groups is 2. The fourth-order valence-corrected chi connectivity index (χ4v) is 3.11. The fraction of sp³-hybridized carbons (Fsp3) is 0.875. The maximum atomic E-state index is 12.4. The number of piperidine rings is 1. The van der Waals surface area contributed by atoms with Gasteiger partial charge in [-0.3, -0.25) is 9.59 Å². The lowest BCUT2D eigenvalue weighted by Gasteiger charge is -2.30. The van der Waals surface area contributed by atoms with Crippen molar-refractivity contribution in [1.82, 2.24) is 15.5 Å². The zero-order valence-electron chi connectivity index (χ0n) is 14.0. The highest BCUT2D eigenvalue weighted by Gasteiger charge is 2.26. The first-order valence-corrected chi connectivity index (χ1v) is 8.57. The van der Waals surface area contributed by atoms with Crippen LogP contribution >= 0.6 is 12.4 Å². The van der Waals surface area contributed by atoms with E-state index in [1.807, 2.05) is 6.92 Å². The number of morpholine rings is 1. The highest BCUT2D eigenvalue weighted by atomic mass is 35.5. The summed E-state index contributed by atoms with van der Waals surface area (Å²) in [5.41, 5.74) is 0. The van der Waals surface area contributed by atoms with Gasteiger partial charge >= 0.3 is 0 Å². The van der Waals surface area contributed by atoms with Gasteiger partial charge in [-0.25, -0.2) is 0 Å². The van der Waals surface area contributed by atoms with E-state index in [9.17, 15) is 9.59 Å². The number of rotatable bonds is 6. The average Bonchev–Trinajstić information content (AvgIpc) is 2.59. The molecule has 0 aliphatic carbocycles. The van der Waals surface area contributed by atoms with Gasteiger partial charge in [0.15, 0.2) is 0 Å². The van der Waals surface area contributed by atoms with Crippen LogP contribution in [0.5, 0.6) is 0 Å². The maximum Gasteiger partial charge on any atom is 0.245 e. The summed E-state index contributed by atoms with van der Waals surface area (Å²) in [6.45, 7) is 6.48. The Hall–Kier alpha value is -0.850. The minimum atomic E-state index is -0.390. The van der Waals surface area contributed by atoms with Crippen molar-refractivity contribution in [2.24, 2.45) is 5.92 Å². The van der Waals surface area contributed by atoms with E-state index in [0.29, 0.717) is 45.1 Å². The summed E-state index contributed by atoms with van der Waals surface area (Å²) in [5.74, 6) is 0.676. The second-order valence-corrected chi connectivity index (χ2v) is 6.20.